The minimum Gasteiger partial charge on any atom is -0.368 e. The van der Waals surface area contributed by atoms with Crippen LogP contribution < -0.4 is 5.32 Å². The molecule has 3 atom stereocenters. The number of hydrogen-bond donors (Lipinski definition) is 1. The number of anilines is 1. The topological polar surface area (TPSA) is 63.1 Å². The monoisotopic (exact) mass is 379 g/mol. The van der Waals surface area contributed by atoms with Gasteiger partial charge in [0.25, 0.3) is 5.91 Å². The van der Waals surface area contributed by atoms with Gasteiger partial charge in [0.2, 0.25) is 0 Å². The average molecular weight is 379 g/mol. The molecule has 0 aromatic carbocycles. The van der Waals surface area contributed by atoms with E-state index in [4.69, 9.17) is 0 Å². The van der Waals surface area contributed by atoms with Crippen LogP contribution in [0.4, 0.5) is 19.0 Å². The number of likely N-dealkylation sites (tertiary alicyclic amines) is 1. The minimum atomic E-state index is -4.36. The number of nitrogens with one attached hydrogen (secondary N) is 1. The molecule has 0 bridgehead atoms. The van der Waals surface area contributed by atoms with E-state index in [1.807, 2.05) is 0 Å². The van der Waals surface area contributed by atoms with Crippen molar-refractivity contribution in [3.8, 4) is 0 Å². The van der Waals surface area contributed by atoms with Crippen LogP contribution >= 0.6 is 0 Å². The quantitative estimate of drug-likeness (QED) is 0.867. The third-order valence-corrected chi connectivity index (χ3v) is 5.18. The zero-order valence-corrected chi connectivity index (χ0v) is 14.8. The first-order valence-corrected chi connectivity index (χ1v) is 8.98. The Morgan fingerprint density at radius 1 is 1.30 bits per heavy atom. The fraction of sp³-hybridized carbons (Fsp3) is 0.500. The number of carbonyl (C=O) groups excluding carboxylic acids is 1. The molecule has 144 valence electrons. The molecule has 1 N–H and O–H groups in total. The predicted molar refractivity (Wildman–Crippen MR) is 92.3 cm³/mol. The second-order valence-corrected chi connectivity index (χ2v) is 7.13. The summed E-state index contributed by atoms with van der Waals surface area (Å²) in [6, 6.07) is 2.65. The van der Waals surface area contributed by atoms with Crippen molar-refractivity contribution >= 4 is 11.7 Å². The van der Waals surface area contributed by atoms with Crippen molar-refractivity contribution in [1.29, 1.82) is 0 Å². The lowest BCUT2D eigenvalue weighted by molar-refractivity contribution is -0.173. The first-order chi connectivity index (χ1) is 12.8. The summed E-state index contributed by atoms with van der Waals surface area (Å²) in [6.07, 6.45) is 0.133. The van der Waals surface area contributed by atoms with Gasteiger partial charge >= 0.3 is 6.18 Å². The highest BCUT2D eigenvalue weighted by atomic mass is 19.4. The van der Waals surface area contributed by atoms with Crippen molar-refractivity contribution in [1.82, 2.24) is 19.7 Å². The smallest absolute Gasteiger partial charge is 0.368 e. The Kier molecular flexibility index (Phi) is 4.32. The Labute approximate surface area is 154 Å². The summed E-state index contributed by atoms with van der Waals surface area (Å²) in [7, 11) is 0. The fourth-order valence-electron chi connectivity index (χ4n) is 3.92. The molecule has 2 aliphatic heterocycles. The van der Waals surface area contributed by atoms with E-state index in [-0.39, 0.29) is 24.4 Å². The maximum Gasteiger partial charge on any atom is 0.410 e. The molecular weight excluding hydrogens is 359 g/mol. The lowest BCUT2D eigenvalue weighted by Crippen LogP contribution is -2.38. The van der Waals surface area contributed by atoms with E-state index in [0.29, 0.717) is 30.0 Å². The summed E-state index contributed by atoms with van der Waals surface area (Å²) in [4.78, 5) is 18.4. The number of halogens is 3. The maximum atomic E-state index is 13.4. The highest BCUT2D eigenvalue weighted by molar-refractivity contribution is 5.94. The van der Waals surface area contributed by atoms with Gasteiger partial charge in [0, 0.05) is 36.6 Å². The molecule has 1 saturated heterocycles. The third kappa shape index (κ3) is 3.26. The molecule has 6 nitrogen and oxygen atoms in total. The molecule has 0 unspecified atom stereocenters. The number of aromatic nitrogens is 3. The maximum absolute atomic E-state index is 13.4. The number of pyridine rings is 1. The van der Waals surface area contributed by atoms with Crippen molar-refractivity contribution in [3.05, 3.63) is 41.9 Å². The van der Waals surface area contributed by atoms with Crippen molar-refractivity contribution in [2.24, 2.45) is 0 Å². The van der Waals surface area contributed by atoms with Crippen LogP contribution in [0.15, 0.2) is 30.6 Å². The van der Waals surface area contributed by atoms with Gasteiger partial charge in [-0.05, 0) is 38.3 Å². The number of hydrogen-bond acceptors (Lipinski definition) is 4. The normalized spacial score (nSPS) is 25.2. The number of amides is 1. The molecule has 0 aliphatic carbocycles. The summed E-state index contributed by atoms with van der Waals surface area (Å²) >= 11 is 0. The SMILES string of the molecule is C[C@@H]1C[C@H](C(F)(F)F)n2nc([C@@H]3CCCN3C(=O)c3ccncc3)cc2N1. The van der Waals surface area contributed by atoms with E-state index in [1.165, 1.54) is 0 Å². The van der Waals surface area contributed by atoms with Crippen LogP contribution in [-0.2, 0) is 0 Å². The van der Waals surface area contributed by atoms with Crippen LogP contribution in [0.1, 0.15) is 54.3 Å². The highest BCUT2D eigenvalue weighted by Crippen LogP contribution is 2.41. The van der Waals surface area contributed by atoms with Crippen LogP contribution in [-0.4, -0.2) is 44.3 Å². The summed E-state index contributed by atoms with van der Waals surface area (Å²) in [6.45, 7) is 2.28. The van der Waals surface area contributed by atoms with E-state index in [9.17, 15) is 18.0 Å². The molecule has 0 saturated carbocycles. The van der Waals surface area contributed by atoms with Crippen LogP contribution in [0.25, 0.3) is 0 Å². The molecule has 27 heavy (non-hydrogen) atoms. The van der Waals surface area contributed by atoms with Gasteiger partial charge in [-0.1, -0.05) is 0 Å². The largest absolute Gasteiger partial charge is 0.410 e. The van der Waals surface area contributed by atoms with Gasteiger partial charge in [0.15, 0.2) is 6.04 Å². The average Bonchev–Trinajstić information content (AvgIpc) is 3.26. The molecule has 0 radical (unpaired) electrons. The van der Waals surface area contributed by atoms with E-state index in [0.717, 1.165) is 11.1 Å². The second kappa shape index (κ2) is 6.54. The van der Waals surface area contributed by atoms with Crippen molar-refractivity contribution in [2.45, 2.75) is 50.5 Å². The molecular formula is C18H20F3N5O. The fourth-order valence-corrected chi connectivity index (χ4v) is 3.92. The Bertz CT molecular complexity index is 835. The van der Waals surface area contributed by atoms with Crippen LogP contribution in [0.3, 0.4) is 0 Å². The lowest BCUT2D eigenvalue weighted by atomic mass is 10.1. The molecule has 2 aromatic heterocycles. The number of nitrogens with zero attached hydrogens (tertiary/aromatic N) is 4. The van der Waals surface area contributed by atoms with Gasteiger partial charge in [-0.15, -0.1) is 0 Å². The van der Waals surface area contributed by atoms with Gasteiger partial charge in [-0.25, -0.2) is 4.68 Å². The number of alkyl halides is 3. The first kappa shape index (κ1) is 17.8. The molecule has 2 aromatic rings. The Balaban J connectivity index is 1.65. The lowest BCUT2D eigenvalue weighted by Gasteiger charge is -2.31. The van der Waals surface area contributed by atoms with Gasteiger partial charge in [-0.2, -0.15) is 18.3 Å². The predicted octanol–water partition coefficient (Wildman–Crippen LogP) is 3.56. The van der Waals surface area contributed by atoms with Gasteiger partial charge < -0.3 is 10.2 Å². The van der Waals surface area contributed by atoms with Crippen LogP contribution in [0.2, 0.25) is 0 Å². The Hall–Kier alpha value is -2.58. The Morgan fingerprint density at radius 3 is 2.74 bits per heavy atom. The molecule has 1 fully saturated rings. The minimum absolute atomic E-state index is 0.0675. The van der Waals surface area contributed by atoms with E-state index in [2.05, 4.69) is 15.4 Å². The van der Waals surface area contributed by atoms with Gasteiger partial charge in [0.1, 0.15) is 5.82 Å². The van der Waals surface area contributed by atoms with Crippen LogP contribution in [0.5, 0.6) is 0 Å². The van der Waals surface area contributed by atoms with E-state index >= 15 is 0 Å². The highest BCUT2D eigenvalue weighted by Gasteiger charge is 2.46. The van der Waals surface area contributed by atoms with Gasteiger partial charge in [-0.3, -0.25) is 9.78 Å². The number of fused-ring (bicyclic) bond motifs is 1. The summed E-state index contributed by atoms with van der Waals surface area (Å²) in [5.41, 5.74) is 1.02. The third-order valence-electron chi connectivity index (χ3n) is 5.18. The van der Waals surface area contributed by atoms with Gasteiger partial charge in [0.05, 0.1) is 11.7 Å². The summed E-state index contributed by atoms with van der Waals surface area (Å²) in [5.74, 6) is 0.203. The standard InChI is InChI=1S/C18H20F3N5O/c1-11-9-15(18(19,20)21)26-16(23-11)10-13(24-26)14-3-2-8-25(14)17(27)12-4-6-22-7-5-12/h4-7,10-11,14-15,23H,2-3,8-9H2,1H3/t11-,14+,15-/m1/s1. The molecule has 4 rings (SSSR count). The first-order valence-electron chi connectivity index (χ1n) is 8.98. The molecule has 1 amide bonds. The molecule has 4 heterocycles. The summed E-state index contributed by atoms with van der Waals surface area (Å²) in [5, 5.41) is 7.34. The van der Waals surface area contributed by atoms with E-state index in [1.54, 1.807) is 42.4 Å². The van der Waals surface area contributed by atoms with Crippen molar-refractivity contribution in [3.63, 3.8) is 0 Å². The molecule has 2 aliphatic rings. The van der Waals surface area contributed by atoms with Crippen molar-refractivity contribution < 1.29 is 18.0 Å². The molecule has 9 heteroatoms. The Morgan fingerprint density at radius 2 is 2.04 bits per heavy atom. The zero-order chi connectivity index (χ0) is 19.2. The van der Waals surface area contributed by atoms with Crippen molar-refractivity contribution in [2.75, 3.05) is 11.9 Å². The van der Waals surface area contributed by atoms with Crippen LogP contribution in [0, 0.1) is 0 Å². The zero-order valence-electron chi connectivity index (χ0n) is 14.8. The molecule has 0 spiro atoms. The number of carbonyl (C=O) groups is 1. The second-order valence-electron chi connectivity index (χ2n) is 7.13. The summed E-state index contributed by atoms with van der Waals surface area (Å²) < 4.78 is 41.4. The number of rotatable bonds is 2. The van der Waals surface area contributed by atoms with E-state index < -0.39 is 12.2 Å².